The van der Waals surface area contributed by atoms with Crippen LogP contribution in [0.4, 0.5) is 5.69 Å². The van der Waals surface area contributed by atoms with E-state index in [9.17, 15) is 4.79 Å². The predicted octanol–water partition coefficient (Wildman–Crippen LogP) is 1.75. The van der Waals surface area contributed by atoms with Gasteiger partial charge in [0, 0.05) is 17.8 Å². The van der Waals surface area contributed by atoms with Gasteiger partial charge < -0.3 is 16.2 Å². The van der Waals surface area contributed by atoms with E-state index >= 15 is 0 Å². The maximum absolute atomic E-state index is 10.3. The molecule has 82 valence electrons. The molecule has 0 bridgehead atoms. The second-order valence-electron chi connectivity index (χ2n) is 2.93. The highest BCUT2D eigenvalue weighted by Crippen LogP contribution is 2.29. The van der Waals surface area contributed by atoms with Crippen LogP contribution >= 0.6 is 23.2 Å². The van der Waals surface area contributed by atoms with Crippen LogP contribution in [0.25, 0.3) is 0 Å². The highest BCUT2D eigenvalue weighted by Gasteiger charge is 2.08. The monoisotopic (exact) mass is 248 g/mol. The molecular formula is C9H10Cl2N2O2. The highest BCUT2D eigenvalue weighted by molar-refractivity contribution is 6.42. The molecular weight excluding hydrogens is 239 g/mol. The predicted molar refractivity (Wildman–Crippen MR) is 60.2 cm³/mol. The first-order valence-corrected chi connectivity index (χ1v) is 4.93. The third kappa shape index (κ3) is 3.27. The molecule has 1 aromatic carbocycles. The standard InChI is InChI=1S/C9H10Cl2N2O2/c10-6-1-2-7(12)5(9(6)11)3-13-4-8(14)15/h1-2,13H,3-4,12H2,(H,14,15). The summed E-state index contributed by atoms with van der Waals surface area (Å²) in [6, 6.07) is 3.23. The molecule has 6 heteroatoms. The number of rotatable bonds is 4. The van der Waals surface area contributed by atoms with Crippen LogP contribution < -0.4 is 11.1 Å². The molecule has 1 aromatic rings. The van der Waals surface area contributed by atoms with Gasteiger partial charge in [0.05, 0.1) is 16.6 Å². The molecule has 0 aliphatic carbocycles. The van der Waals surface area contributed by atoms with Gasteiger partial charge in [0.15, 0.2) is 0 Å². The van der Waals surface area contributed by atoms with Gasteiger partial charge in [-0.2, -0.15) is 0 Å². The molecule has 0 unspecified atom stereocenters. The first-order chi connectivity index (χ1) is 7.02. The van der Waals surface area contributed by atoms with Gasteiger partial charge in [0.25, 0.3) is 0 Å². The van der Waals surface area contributed by atoms with Crippen molar-refractivity contribution in [2.45, 2.75) is 6.54 Å². The minimum Gasteiger partial charge on any atom is -0.480 e. The van der Waals surface area contributed by atoms with Gasteiger partial charge >= 0.3 is 5.97 Å². The van der Waals surface area contributed by atoms with Crippen molar-refractivity contribution in [1.29, 1.82) is 0 Å². The Labute approximate surface area is 97.0 Å². The fourth-order valence-electron chi connectivity index (χ4n) is 1.08. The molecule has 0 aliphatic rings. The molecule has 0 aromatic heterocycles. The fraction of sp³-hybridized carbons (Fsp3) is 0.222. The topological polar surface area (TPSA) is 75.3 Å². The van der Waals surface area contributed by atoms with E-state index in [4.69, 9.17) is 34.0 Å². The van der Waals surface area contributed by atoms with Crippen molar-refractivity contribution in [2.24, 2.45) is 0 Å². The van der Waals surface area contributed by atoms with Gasteiger partial charge in [0.2, 0.25) is 0 Å². The Morgan fingerprint density at radius 1 is 1.47 bits per heavy atom. The molecule has 4 nitrogen and oxygen atoms in total. The van der Waals surface area contributed by atoms with Crippen molar-refractivity contribution >= 4 is 34.9 Å². The maximum atomic E-state index is 10.3. The molecule has 0 radical (unpaired) electrons. The third-order valence-electron chi connectivity index (χ3n) is 1.81. The Hall–Kier alpha value is -0.970. The fourth-order valence-corrected chi connectivity index (χ4v) is 1.50. The van der Waals surface area contributed by atoms with E-state index in [0.717, 1.165) is 0 Å². The molecule has 1 rings (SSSR count). The average Bonchev–Trinajstić information content (AvgIpc) is 2.17. The highest BCUT2D eigenvalue weighted by atomic mass is 35.5. The van der Waals surface area contributed by atoms with Gasteiger partial charge in [-0.1, -0.05) is 23.2 Å². The number of nitrogen functional groups attached to an aromatic ring is 1. The Kier molecular flexibility index (Phi) is 4.20. The Morgan fingerprint density at radius 2 is 2.13 bits per heavy atom. The number of hydrogen-bond acceptors (Lipinski definition) is 3. The molecule has 15 heavy (non-hydrogen) atoms. The van der Waals surface area contributed by atoms with E-state index in [1.54, 1.807) is 12.1 Å². The van der Waals surface area contributed by atoms with E-state index in [2.05, 4.69) is 5.32 Å². The second kappa shape index (κ2) is 5.21. The van der Waals surface area contributed by atoms with Crippen molar-refractivity contribution < 1.29 is 9.90 Å². The summed E-state index contributed by atoms with van der Waals surface area (Å²) in [7, 11) is 0. The van der Waals surface area contributed by atoms with Crippen molar-refractivity contribution in [2.75, 3.05) is 12.3 Å². The number of carboxylic acid groups (broad SMARTS) is 1. The van der Waals surface area contributed by atoms with Gasteiger partial charge in [-0.25, -0.2) is 0 Å². The van der Waals surface area contributed by atoms with Crippen LogP contribution in [0.2, 0.25) is 10.0 Å². The van der Waals surface area contributed by atoms with E-state index in [0.29, 0.717) is 21.3 Å². The molecule has 0 saturated carbocycles. The average molecular weight is 249 g/mol. The minimum atomic E-state index is -0.938. The molecule has 0 saturated heterocycles. The number of anilines is 1. The smallest absolute Gasteiger partial charge is 0.317 e. The van der Waals surface area contributed by atoms with Gasteiger partial charge in [0.1, 0.15) is 0 Å². The van der Waals surface area contributed by atoms with Crippen molar-refractivity contribution in [3.8, 4) is 0 Å². The zero-order valence-electron chi connectivity index (χ0n) is 7.76. The number of benzene rings is 1. The van der Waals surface area contributed by atoms with Crippen LogP contribution in [0.15, 0.2) is 12.1 Å². The SMILES string of the molecule is Nc1ccc(Cl)c(Cl)c1CNCC(=O)O. The van der Waals surface area contributed by atoms with Crippen LogP contribution in [-0.4, -0.2) is 17.6 Å². The number of nitrogens with two attached hydrogens (primary N) is 1. The van der Waals surface area contributed by atoms with Crippen LogP contribution in [0.1, 0.15) is 5.56 Å². The Balaban J connectivity index is 2.75. The van der Waals surface area contributed by atoms with E-state index < -0.39 is 5.97 Å². The first-order valence-electron chi connectivity index (χ1n) is 4.17. The Morgan fingerprint density at radius 3 is 2.73 bits per heavy atom. The lowest BCUT2D eigenvalue weighted by molar-refractivity contribution is -0.135. The Bertz CT molecular complexity index is 383. The lowest BCUT2D eigenvalue weighted by Crippen LogP contribution is -2.22. The molecule has 0 atom stereocenters. The quantitative estimate of drug-likeness (QED) is 0.710. The number of carboxylic acids is 1. The van der Waals surface area contributed by atoms with Gasteiger partial charge in [-0.05, 0) is 12.1 Å². The number of nitrogens with one attached hydrogen (secondary N) is 1. The zero-order valence-corrected chi connectivity index (χ0v) is 9.27. The number of halogens is 2. The van der Waals surface area contributed by atoms with Gasteiger partial charge in [-0.15, -0.1) is 0 Å². The van der Waals surface area contributed by atoms with E-state index in [1.165, 1.54) is 0 Å². The maximum Gasteiger partial charge on any atom is 0.317 e. The summed E-state index contributed by atoms with van der Waals surface area (Å²) < 4.78 is 0. The van der Waals surface area contributed by atoms with Crippen molar-refractivity contribution in [3.63, 3.8) is 0 Å². The third-order valence-corrected chi connectivity index (χ3v) is 2.65. The second-order valence-corrected chi connectivity index (χ2v) is 3.71. The van der Waals surface area contributed by atoms with E-state index in [1.807, 2.05) is 0 Å². The van der Waals surface area contributed by atoms with Crippen molar-refractivity contribution in [3.05, 3.63) is 27.7 Å². The summed E-state index contributed by atoms with van der Waals surface area (Å²) in [6.07, 6.45) is 0. The van der Waals surface area contributed by atoms with Crippen molar-refractivity contribution in [1.82, 2.24) is 5.32 Å². The normalized spacial score (nSPS) is 10.3. The van der Waals surface area contributed by atoms with Crippen LogP contribution in [0.3, 0.4) is 0 Å². The van der Waals surface area contributed by atoms with Gasteiger partial charge in [-0.3, -0.25) is 4.79 Å². The number of hydrogen-bond donors (Lipinski definition) is 3. The molecule has 0 aliphatic heterocycles. The molecule has 0 spiro atoms. The molecule has 0 fully saturated rings. The number of carbonyl (C=O) groups is 1. The van der Waals surface area contributed by atoms with Crippen LogP contribution in [0.5, 0.6) is 0 Å². The van der Waals surface area contributed by atoms with Crippen LogP contribution in [0, 0.1) is 0 Å². The zero-order chi connectivity index (χ0) is 11.4. The summed E-state index contributed by atoms with van der Waals surface area (Å²) in [5.74, 6) is -0.938. The summed E-state index contributed by atoms with van der Waals surface area (Å²) in [5, 5.41) is 11.9. The lowest BCUT2D eigenvalue weighted by Gasteiger charge is -2.09. The summed E-state index contributed by atoms with van der Waals surface area (Å²) in [6.45, 7) is 0.125. The van der Waals surface area contributed by atoms with Crippen LogP contribution in [-0.2, 0) is 11.3 Å². The molecule has 0 heterocycles. The summed E-state index contributed by atoms with van der Waals surface area (Å²) in [5.41, 5.74) is 6.78. The molecule has 0 amide bonds. The van der Waals surface area contributed by atoms with E-state index in [-0.39, 0.29) is 13.1 Å². The summed E-state index contributed by atoms with van der Waals surface area (Å²) in [4.78, 5) is 10.3. The lowest BCUT2D eigenvalue weighted by atomic mass is 10.2. The molecule has 4 N–H and O–H groups in total. The largest absolute Gasteiger partial charge is 0.480 e. The number of aliphatic carboxylic acids is 1. The first kappa shape index (κ1) is 12.1. The minimum absolute atomic E-state index is 0.151. The summed E-state index contributed by atoms with van der Waals surface area (Å²) >= 11 is 11.7.